The minimum Gasteiger partial charge on any atom is -0.329 e. The number of nitrogens with two attached hydrogens (primary N) is 1. The number of rotatable bonds is 4. The van der Waals surface area contributed by atoms with Gasteiger partial charge in [-0.05, 0) is 37.6 Å². The molecule has 14 heavy (non-hydrogen) atoms. The van der Waals surface area contributed by atoms with Gasteiger partial charge in [-0.2, -0.15) is 0 Å². The zero-order valence-corrected chi connectivity index (χ0v) is 8.56. The Morgan fingerprint density at radius 1 is 1.50 bits per heavy atom. The molecule has 2 rings (SSSR count). The van der Waals surface area contributed by atoms with Crippen LogP contribution in [-0.2, 0) is 0 Å². The van der Waals surface area contributed by atoms with E-state index in [0.29, 0.717) is 12.6 Å². The van der Waals surface area contributed by atoms with Crippen LogP contribution in [0.5, 0.6) is 0 Å². The van der Waals surface area contributed by atoms with E-state index in [-0.39, 0.29) is 0 Å². The second-order valence-electron chi connectivity index (χ2n) is 3.93. The first-order chi connectivity index (χ1) is 6.83. The fraction of sp³-hybridized carbons (Fsp3) is 0.545. The predicted molar refractivity (Wildman–Crippen MR) is 56.8 cm³/mol. The van der Waals surface area contributed by atoms with Gasteiger partial charge in [-0.25, -0.2) is 0 Å². The summed E-state index contributed by atoms with van der Waals surface area (Å²) in [4.78, 5) is 6.41. The Morgan fingerprint density at radius 2 is 2.14 bits per heavy atom. The molecule has 1 saturated carbocycles. The van der Waals surface area contributed by atoms with Crippen molar-refractivity contribution in [2.45, 2.75) is 24.9 Å². The molecule has 1 aliphatic carbocycles. The van der Waals surface area contributed by atoms with E-state index in [1.807, 2.05) is 12.4 Å². The maximum atomic E-state index is 5.81. The highest BCUT2D eigenvalue weighted by atomic mass is 15.2. The van der Waals surface area contributed by atoms with Gasteiger partial charge in [0.25, 0.3) is 0 Å². The minimum atomic E-state index is 0.352. The van der Waals surface area contributed by atoms with Gasteiger partial charge in [-0.1, -0.05) is 0 Å². The molecule has 0 saturated heterocycles. The molecule has 1 aromatic heterocycles. The first-order valence-electron chi connectivity index (χ1n) is 5.15. The van der Waals surface area contributed by atoms with E-state index in [1.165, 1.54) is 18.4 Å². The quantitative estimate of drug-likeness (QED) is 0.777. The Hall–Kier alpha value is -0.930. The van der Waals surface area contributed by atoms with Gasteiger partial charge in [-0.15, -0.1) is 0 Å². The molecule has 0 aromatic carbocycles. The highest BCUT2D eigenvalue weighted by molar-refractivity contribution is 5.16. The summed E-state index contributed by atoms with van der Waals surface area (Å²) in [5.74, 6) is 0. The van der Waals surface area contributed by atoms with Crippen molar-refractivity contribution in [2.75, 3.05) is 13.6 Å². The summed E-state index contributed by atoms with van der Waals surface area (Å²) >= 11 is 0. The Labute approximate surface area is 84.9 Å². The van der Waals surface area contributed by atoms with Gasteiger partial charge in [0.15, 0.2) is 0 Å². The third-order valence-corrected chi connectivity index (χ3v) is 2.93. The summed E-state index contributed by atoms with van der Waals surface area (Å²) in [6, 6.07) is 5.20. The monoisotopic (exact) mass is 191 g/mol. The summed E-state index contributed by atoms with van der Waals surface area (Å²) in [5, 5.41) is 0. The van der Waals surface area contributed by atoms with Crippen molar-refractivity contribution >= 4 is 0 Å². The van der Waals surface area contributed by atoms with Crippen molar-refractivity contribution in [1.82, 2.24) is 9.88 Å². The lowest BCUT2D eigenvalue weighted by Gasteiger charge is -2.27. The van der Waals surface area contributed by atoms with E-state index in [4.69, 9.17) is 5.73 Å². The van der Waals surface area contributed by atoms with E-state index >= 15 is 0 Å². The van der Waals surface area contributed by atoms with Crippen LogP contribution in [0.1, 0.15) is 24.4 Å². The number of nitrogens with zero attached hydrogens (tertiary/aromatic N) is 2. The van der Waals surface area contributed by atoms with Gasteiger partial charge in [0.05, 0.1) is 0 Å². The highest BCUT2D eigenvalue weighted by Crippen LogP contribution is 2.31. The molecule has 3 nitrogen and oxygen atoms in total. The average molecular weight is 191 g/mol. The smallest absolute Gasteiger partial charge is 0.0471 e. The van der Waals surface area contributed by atoms with Gasteiger partial charge in [-0.3, -0.25) is 9.88 Å². The number of aromatic nitrogens is 1. The van der Waals surface area contributed by atoms with Crippen molar-refractivity contribution in [3.63, 3.8) is 0 Å². The van der Waals surface area contributed by atoms with Crippen molar-refractivity contribution in [3.05, 3.63) is 30.1 Å². The highest BCUT2D eigenvalue weighted by Gasteiger charge is 2.30. The lowest BCUT2D eigenvalue weighted by Crippen LogP contribution is -2.32. The molecule has 3 heteroatoms. The Bertz CT molecular complexity index is 282. The molecule has 1 aromatic rings. The third kappa shape index (κ3) is 1.94. The third-order valence-electron chi connectivity index (χ3n) is 2.93. The fourth-order valence-corrected chi connectivity index (χ4v) is 1.86. The number of likely N-dealkylation sites (N-methyl/N-ethyl adjacent to an activating group) is 1. The summed E-state index contributed by atoms with van der Waals surface area (Å²) in [7, 11) is 2.16. The molecule has 2 N–H and O–H groups in total. The van der Waals surface area contributed by atoms with Crippen LogP contribution in [0.15, 0.2) is 24.5 Å². The summed E-state index contributed by atoms with van der Waals surface area (Å²) in [6.45, 7) is 0.678. The molecular weight excluding hydrogens is 174 g/mol. The maximum absolute atomic E-state index is 5.81. The van der Waals surface area contributed by atoms with Crippen LogP contribution >= 0.6 is 0 Å². The standard InChI is InChI=1S/C11H17N3/c1-14(10-2-3-10)11(8-12)9-4-6-13-7-5-9/h4-7,10-11H,2-3,8,12H2,1H3. The summed E-state index contributed by atoms with van der Waals surface area (Å²) in [5.41, 5.74) is 7.08. The molecule has 0 bridgehead atoms. The Kier molecular flexibility index (Phi) is 2.79. The molecule has 0 radical (unpaired) electrons. The lowest BCUT2D eigenvalue weighted by atomic mass is 10.1. The maximum Gasteiger partial charge on any atom is 0.0471 e. The van der Waals surface area contributed by atoms with Crippen LogP contribution in [0, 0.1) is 0 Å². The fourth-order valence-electron chi connectivity index (χ4n) is 1.86. The van der Waals surface area contributed by atoms with Crippen molar-refractivity contribution < 1.29 is 0 Å². The minimum absolute atomic E-state index is 0.352. The normalized spacial score (nSPS) is 18.5. The SMILES string of the molecule is CN(C1CC1)C(CN)c1ccncc1. The molecule has 1 fully saturated rings. The Balaban J connectivity index is 2.12. The van der Waals surface area contributed by atoms with Gasteiger partial charge in [0.1, 0.15) is 0 Å². The second kappa shape index (κ2) is 4.07. The van der Waals surface area contributed by atoms with Crippen molar-refractivity contribution in [2.24, 2.45) is 5.73 Å². The summed E-state index contributed by atoms with van der Waals surface area (Å²) < 4.78 is 0. The predicted octanol–water partition coefficient (Wildman–Crippen LogP) is 1.18. The van der Waals surface area contributed by atoms with Crippen LogP contribution in [0.25, 0.3) is 0 Å². The molecule has 0 amide bonds. The molecule has 0 aliphatic heterocycles. The number of hydrogen-bond donors (Lipinski definition) is 1. The van der Waals surface area contributed by atoms with Crippen LogP contribution in [-0.4, -0.2) is 29.5 Å². The lowest BCUT2D eigenvalue weighted by molar-refractivity contribution is 0.240. The van der Waals surface area contributed by atoms with E-state index in [9.17, 15) is 0 Å². The Morgan fingerprint density at radius 3 is 2.64 bits per heavy atom. The van der Waals surface area contributed by atoms with E-state index in [1.54, 1.807) is 0 Å². The van der Waals surface area contributed by atoms with Gasteiger partial charge >= 0.3 is 0 Å². The molecule has 1 aliphatic rings. The average Bonchev–Trinajstić information content (AvgIpc) is 3.03. The van der Waals surface area contributed by atoms with Crippen LogP contribution in [0.3, 0.4) is 0 Å². The first-order valence-corrected chi connectivity index (χ1v) is 5.15. The first kappa shape index (κ1) is 9.62. The zero-order valence-electron chi connectivity index (χ0n) is 8.56. The molecule has 0 spiro atoms. The molecule has 76 valence electrons. The number of pyridine rings is 1. The van der Waals surface area contributed by atoms with Crippen molar-refractivity contribution in [1.29, 1.82) is 0 Å². The second-order valence-corrected chi connectivity index (χ2v) is 3.93. The van der Waals surface area contributed by atoms with Gasteiger partial charge < -0.3 is 5.73 Å². The molecular formula is C11H17N3. The topological polar surface area (TPSA) is 42.1 Å². The van der Waals surface area contributed by atoms with Crippen LogP contribution in [0.4, 0.5) is 0 Å². The van der Waals surface area contributed by atoms with E-state index in [2.05, 4.69) is 29.1 Å². The summed E-state index contributed by atoms with van der Waals surface area (Å²) in [6.07, 6.45) is 6.30. The van der Waals surface area contributed by atoms with E-state index < -0.39 is 0 Å². The van der Waals surface area contributed by atoms with Gasteiger partial charge in [0, 0.05) is 31.0 Å². The van der Waals surface area contributed by atoms with Crippen molar-refractivity contribution in [3.8, 4) is 0 Å². The van der Waals surface area contributed by atoms with Gasteiger partial charge in [0.2, 0.25) is 0 Å². The largest absolute Gasteiger partial charge is 0.329 e. The molecule has 1 atom stereocenters. The van der Waals surface area contributed by atoms with Crippen LogP contribution in [0.2, 0.25) is 0 Å². The molecule has 1 heterocycles. The van der Waals surface area contributed by atoms with E-state index in [0.717, 1.165) is 6.04 Å². The van der Waals surface area contributed by atoms with Crippen LogP contribution < -0.4 is 5.73 Å². The zero-order chi connectivity index (χ0) is 9.97. The number of hydrogen-bond acceptors (Lipinski definition) is 3. The molecule has 1 unspecified atom stereocenters.